The lowest BCUT2D eigenvalue weighted by atomic mass is 10.1. The highest BCUT2D eigenvalue weighted by atomic mass is 15.3. The summed E-state index contributed by atoms with van der Waals surface area (Å²) >= 11 is 0. The summed E-state index contributed by atoms with van der Waals surface area (Å²) in [6.45, 7) is 6.16. The van der Waals surface area contributed by atoms with Gasteiger partial charge in [-0.15, -0.1) is 0 Å². The third-order valence-corrected chi connectivity index (χ3v) is 3.12. The molecule has 0 aromatic carbocycles. The quantitative estimate of drug-likeness (QED) is 0.794. The normalized spacial score (nSPS) is 12.5. The summed E-state index contributed by atoms with van der Waals surface area (Å²) in [5.41, 5.74) is 1.000. The summed E-state index contributed by atoms with van der Waals surface area (Å²) in [5, 5.41) is 7.80. The topological polar surface area (TPSA) is 68.5 Å². The smallest absolute Gasteiger partial charge is 0.138 e. The largest absolute Gasteiger partial charge is 0.308 e. The van der Waals surface area contributed by atoms with Crippen molar-refractivity contribution in [2.45, 2.75) is 45.7 Å². The molecule has 0 spiro atoms. The Hall–Kier alpha value is -1.82. The predicted molar refractivity (Wildman–Crippen MR) is 77.1 cm³/mol. The van der Waals surface area contributed by atoms with Crippen LogP contribution in [0, 0.1) is 0 Å². The zero-order valence-electron chi connectivity index (χ0n) is 12.2. The van der Waals surface area contributed by atoms with Crippen LogP contribution in [0.4, 0.5) is 0 Å². The number of nitrogens with one attached hydrogen (secondary N) is 1. The van der Waals surface area contributed by atoms with Crippen molar-refractivity contribution in [3.05, 3.63) is 36.4 Å². The maximum Gasteiger partial charge on any atom is 0.138 e. The average molecular weight is 274 g/mol. The van der Waals surface area contributed by atoms with Gasteiger partial charge in [-0.3, -0.25) is 4.68 Å². The SMILES string of the molecule is CCCNC(Cc1ncnn1CCC)c1ccncn1. The lowest BCUT2D eigenvalue weighted by Crippen LogP contribution is -2.26. The average Bonchev–Trinajstić information content (AvgIpc) is 2.92. The molecule has 0 aliphatic rings. The summed E-state index contributed by atoms with van der Waals surface area (Å²) in [7, 11) is 0. The van der Waals surface area contributed by atoms with E-state index in [1.807, 2.05) is 10.7 Å². The number of nitrogens with zero attached hydrogens (tertiary/aromatic N) is 5. The first-order valence-corrected chi connectivity index (χ1v) is 7.21. The lowest BCUT2D eigenvalue weighted by Gasteiger charge is -2.17. The highest BCUT2D eigenvalue weighted by Gasteiger charge is 2.16. The van der Waals surface area contributed by atoms with E-state index in [0.29, 0.717) is 0 Å². The molecule has 6 nitrogen and oxygen atoms in total. The number of hydrogen-bond acceptors (Lipinski definition) is 5. The fourth-order valence-electron chi connectivity index (χ4n) is 2.13. The summed E-state index contributed by atoms with van der Waals surface area (Å²) in [4.78, 5) is 12.7. The summed E-state index contributed by atoms with van der Waals surface area (Å²) in [6.07, 6.45) is 7.92. The summed E-state index contributed by atoms with van der Waals surface area (Å²) in [6, 6.07) is 2.10. The molecular formula is C14H22N6. The second-order valence-electron chi connectivity index (χ2n) is 4.74. The maximum atomic E-state index is 4.38. The second-order valence-corrected chi connectivity index (χ2v) is 4.74. The van der Waals surface area contributed by atoms with Crippen molar-refractivity contribution in [2.24, 2.45) is 0 Å². The molecule has 2 aromatic heterocycles. The third-order valence-electron chi connectivity index (χ3n) is 3.12. The molecule has 108 valence electrons. The number of aryl methyl sites for hydroxylation is 1. The van der Waals surface area contributed by atoms with Crippen molar-refractivity contribution >= 4 is 0 Å². The second kappa shape index (κ2) is 7.69. The molecule has 0 aliphatic heterocycles. The monoisotopic (exact) mass is 274 g/mol. The standard InChI is InChI=1S/C14H22N6/c1-3-6-16-13(12-5-7-15-10-17-12)9-14-18-11-19-20(14)8-4-2/h5,7,10-11,13,16H,3-4,6,8-9H2,1-2H3. The van der Waals surface area contributed by atoms with Gasteiger partial charge in [0.05, 0.1) is 11.7 Å². The zero-order chi connectivity index (χ0) is 14.2. The van der Waals surface area contributed by atoms with Crippen molar-refractivity contribution in [1.82, 2.24) is 30.0 Å². The Morgan fingerprint density at radius 2 is 2.10 bits per heavy atom. The van der Waals surface area contributed by atoms with Crippen LogP contribution in [0.25, 0.3) is 0 Å². The molecule has 0 saturated heterocycles. The molecule has 1 N–H and O–H groups in total. The maximum absolute atomic E-state index is 4.38. The van der Waals surface area contributed by atoms with E-state index in [-0.39, 0.29) is 6.04 Å². The molecule has 1 unspecified atom stereocenters. The minimum absolute atomic E-state index is 0.151. The molecule has 2 heterocycles. The number of rotatable bonds is 8. The van der Waals surface area contributed by atoms with Crippen LogP contribution in [0.15, 0.2) is 24.9 Å². The van der Waals surface area contributed by atoms with E-state index in [1.165, 1.54) is 0 Å². The Kier molecular flexibility index (Phi) is 5.61. The molecule has 1 atom stereocenters. The minimum atomic E-state index is 0.151. The predicted octanol–water partition coefficient (Wildman–Crippen LogP) is 1.76. The molecule has 0 amide bonds. The Bertz CT molecular complexity index is 495. The zero-order valence-corrected chi connectivity index (χ0v) is 12.2. The van der Waals surface area contributed by atoms with E-state index in [2.05, 4.69) is 39.2 Å². The van der Waals surface area contributed by atoms with E-state index in [9.17, 15) is 0 Å². The van der Waals surface area contributed by atoms with Gasteiger partial charge in [0, 0.05) is 19.2 Å². The van der Waals surface area contributed by atoms with Gasteiger partial charge in [0.15, 0.2) is 0 Å². The van der Waals surface area contributed by atoms with E-state index < -0.39 is 0 Å². The van der Waals surface area contributed by atoms with E-state index >= 15 is 0 Å². The van der Waals surface area contributed by atoms with Gasteiger partial charge in [0.25, 0.3) is 0 Å². The molecule has 2 rings (SSSR count). The van der Waals surface area contributed by atoms with Gasteiger partial charge in [-0.25, -0.2) is 15.0 Å². The van der Waals surface area contributed by atoms with Gasteiger partial charge in [0.2, 0.25) is 0 Å². The van der Waals surface area contributed by atoms with E-state index in [1.54, 1.807) is 18.9 Å². The Balaban J connectivity index is 2.13. The highest BCUT2D eigenvalue weighted by Crippen LogP contribution is 2.14. The molecule has 0 bridgehead atoms. The minimum Gasteiger partial charge on any atom is -0.308 e. The van der Waals surface area contributed by atoms with Crippen LogP contribution in [-0.2, 0) is 13.0 Å². The van der Waals surface area contributed by atoms with E-state index in [4.69, 9.17) is 0 Å². The van der Waals surface area contributed by atoms with Gasteiger partial charge in [0.1, 0.15) is 18.5 Å². The molecule has 0 saturated carbocycles. The van der Waals surface area contributed by atoms with Crippen LogP contribution < -0.4 is 5.32 Å². The molecular weight excluding hydrogens is 252 g/mol. The molecule has 0 fully saturated rings. The van der Waals surface area contributed by atoms with Gasteiger partial charge in [-0.2, -0.15) is 5.10 Å². The first-order valence-electron chi connectivity index (χ1n) is 7.21. The molecule has 0 aliphatic carbocycles. The number of hydrogen-bond donors (Lipinski definition) is 1. The molecule has 6 heteroatoms. The molecule has 20 heavy (non-hydrogen) atoms. The molecule has 0 radical (unpaired) electrons. The van der Waals surface area contributed by atoms with Gasteiger partial charge in [-0.05, 0) is 25.5 Å². The van der Waals surface area contributed by atoms with Crippen molar-refractivity contribution < 1.29 is 0 Å². The summed E-state index contributed by atoms with van der Waals surface area (Å²) < 4.78 is 1.97. The first kappa shape index (κ1) is 14.6. The molecule has 2 aromatic rings. The first-order chi connectivity index (χ1) is 9.85. The third kappa shape index (κ3) is 3.84. The van der Waals surface area contributed by atoms with Crippen LogP contribution in [0.5, 0.6) is 0 Å². The Morgan fingerprint density at radius 3 is 2.80 bits per heavy atom. The van der Waals surface area contributed by atoms with Gasteiger partial charge >= 0.3 is 0 Å². The van der Waals surface area contributed by atoms with Crippen molar-refractivity contribution in [3.63, 3.8) is 0 Å². The number of aromatic nitrogens is 5. The van der Waals surface area contributed by atoms with Gasteiger partial charge < -0.3 is 5.32 Å². The fourth-order valence-corrected chi connectivity index (χ4v) is 2.13. The van der Waals surface area contributed by atoms with Crippen LogP contribution in [0.3, 0.4) is 0 Å². The Morgan fingerprint density at radius 1 is 1.20 bits per heavy atom. The van der Waals surface area contributed by atoms with Crippen LogP contribution >= 0.6 is 0 Å². The lowest BCUT2D eigenvalue weighted by molar-refractivity contribution is 0.480. The summed E-state index contributed by atoms with van der Waals surface area (Å²) in [5.74, 6) is 0.999. The van der Waals surface area contributed by atoms with Crippen molar-refractivity contribution in [3.8, 4) is 0 Å². The van der Waals surface area contributed by atoms with Crippen molar-refractivity contribution in [2.75, 3.05) is 6.54 Å². The van der Waals surface area contributed by atoms with Crippen molar-refractivity contribution in [1.29, 1.82) is 0 Å². The van der Waals surface area contributed by atoms with Crippen LogP contribution in [0.2, 0.25) is 0 Å². The van der Waals surface area contributed by atoms with Crippen LogP contribution in [0.1, 0.15) is 44.2 Å². The van der Waals surface area contributed by atoms with Crippen LogP contribution in [-0.4, -0.2) is 31.3 Å². The van der Waals surface area contributed by atoms with Gasteiger partial charge in [-0.1, -0.05) is 13.8 Å². The van der Waals surface area contributed by atoms with E-state index in [0.717, 1.165) is 43.9 Å². The highest BCUT2D eigenvalue weighted by molar-refractivity contribution is 5.08. The Labute approximate surface area is 119 Å². The fraction of sp³-hybridized carbons (Fsp3) is 0.571.